The standard InChI is InChI=1S/C18H24N2O3/c1-4-5-12-6-13(7-16(22-2)17(12)23-3)18(21)20-10-14-8-19-9-15(14)11-20/h4,6-7,14-15,19H,1,5,8-11H2,2-3H3/t14-,15+. The Kier molecular flexibility index (Phi) is 4.57. The molecule has 0 saturated carbocycles. The molecule has 0 aromatic heterocycles. The van der Waals surface area contributed by atoms with E-state index in [-0.39, 0.29) is 5.91 Å². The Morgan fingerprint density at radius 3 is 2.57 bits per heavy atom. The summed E-state index contributed by atoms with van der Waals surface area (Å²) in [7, 11) is 3.20. The molecule has 1 N–H and O–H groups in total. The lowest BCUT2D eigenvalue weighted by Crippen LogP contribution is -2.32. The summed E-state index contributed by atoms with van der Waals surface area (Å²) in [5.74, 6) is 2.52. The number of nitrogens with one attached hydrogen (secondary N) is 1. The van der Waals surface area contributed by atoms with Crippen LogP contribution in [0.15, 0.2) is 24.8 Å². The van der Waals surface area contributed by atoms with Crippen molar-refractivity contribution >= 4 is 5.91 Å². The molecule has 0 aliphatic carbocycles. The van der Waals surface area contributed by atoms with Crippen molar-refractivity contribution in [2.24, 2.45) is 11.8 Å². The molecule has 0 radical (unpaired) electrons. The zero-order valence-electron chi connectivity index (χ0n) is 13.8. The lowest BCUT2D eigenvalue weighted by Gasteiger charge is -2.20. The minimum Gasteiger partial charge on any atom is -0.493 e. The predicted octanol–water partition coefficient (Wildman–Crippen LogP) is 1.72. The van der Waals surface area contributed by atoms with Gasteiger partial charge in [-0.2, -0.15) is 0 Å². The van der Waals surface area contributed by atoms with Gasteiger partial charge in [-0.05, 0) is 30.4 Å². The summed E-state index contributed by atoms with van der Waals surface area (Å²) in [6, 6.07) is 3.68. The van der Waals surface area contributed by atoms with Crippen molar-refractivity contribution in [3.8, 4) is 11.5 Å². The molecule has 3 rings (SSSR count). The van der Waals surface area contributed by atoms with Gasteiger partial charge in [0.15, 0.2) is 11.5 Å². The van der Waals surface area contributed by atoms with Crippen LogP contribution in [-0.2, 0) is 6.42 Å². The van der Waals surface area contributed by atoms with E-state index in [4.69, 9.17) is 9.47 Å². The highest BCUT2D eigenvalue weighted by atomic mass is 16.5. The smallest absolute Gasteiger partial charge is 0.254 e. The summed E-state index contributed by atoms with van der Waals surface area (Å²) in [4.78, 5) is 14.9. The Balaban J connectivity index is 1.88. The van der Waals surface area contributed by atoms with Gasteiger partial charge in [0.2, 0.25) is 0 Å². The maximum atomic E-state index is 12.9. The van der Waals surface area contributed by atoms with Crippen LogP contribution in [0.25, 0.3) is 0 Å². The van der Waals surface area contributed by atoms with Crippen LogP contribution in [-0.4, -0.2) is 51.2 Å². The van der Waals surface area contributed by atoms with E-state index in [0.717, 1.165) is 31.7 Å². The van der Waals surface area contributed by atoms with Gasteiger partial charge in [0.1, 0.15) is 0 Å². The van der Waals surface area contributed by atoms with Crippen LogP contribution in [0.5, 0.6) is 11.5 Å². The number of fused-ring (bicyclic) bond motifs is 1. The molecular weight excluding hydrogens is 292 g/mol. The van der Waals surface area contributed by atoms with E-state index in [2.05, 4.69) is 11.9 Å². The first-order valence-corrected chi connectivity index (χ1v) is 8.03. The van der Waals surface area contributed by atoms with Crippen molar-refractivity contribution in [2.45, 2.75) is 6.42 Å². The van der Waals surface area contributed by atoms with Crippen molar-refractivity contribution in [3.63, 3.8) is 0 Å². The Bertz CT molecular complexity index is 603. The van der Waals surface area contributed by atoms with Crippen LogP contribution in [0, 0.1) is 11.8 Å². The molecule has 0 unspecified atom stereocenters. The molecule has 2 atom stereocenters. The Morgan fingerprint density at radius 1 is 1.30 bits per heavy atom. The molecule has 1 aromatic rings. The van der Waals surface area contributed by atoms with Gasteiger partial charge in [0.05, 0.1) is 14.2 Å². The Morgan fingerprint density at radius 2 is 2.00 bits per heavy atom. The highest BCUT2D eigenvalue weighted by molar-refractivity contribution is 5.95. The lowest BCUT2D eigenvalue weighted by atomic mass is 10.0. The topological polar surface area (TPSA) is 50.8 Å². The first kappa shape index (κ1) is 15.9. The van der Waals surface area contributed by atoms with E-state index < -0.39 is 0 Å². The van der Waals surface area contributed by atoms with Crippen molar-refractivity contribution < 1.29 is 14.3 Å². The number of hydrogen-bond donors (Lipinski definition) is 1. The molecule has 2 aliphatic rings. The normalized spacial score (nSPS) is 22.8. The lowest BCUT2D eigenvalue weighted by molar-refractivity contribution is 0.0781. The second-order valence-corrected chi connectivity index (χ2v) is 6.25. The molecule has 1 amide bonds. The van der Waals surface area contributed by atoms with E-state index in [1.807, 2.05) is 11.0 Å². The maximum absolute atomic E-state index is 12.9. The number of carbonyl (C=O) groups excluding carboxylic acids is 1. The summed E-state index contributed by atoms with van der Waals surface area (Å²) in [5.41, 5.74) is 1.58. The van der Waals surface area contributed by atoms with E-state index >= 15 is 0 Å². The first-order valence-electron chi connectivity index (χ1n) is 8.03. The van der Waals surface area contributed by atoms with E-state index in [9.17, 15) is 4.79 Å². The monoisotopic (exact) mass is 316 g/mol. The fourth-order valence-electron chi connectivity index (χ4n) is 3.68. The fraction of sp³-hybridized carbons (Fsp3) is 0.500. The molecule has 1 aromatic carbocycles. The molecule has 23 heavy (non-hydrogen) atoms. The molecule has 124 valence electrons. The first-order chi connectivity index (χ1) is 11.2. The van der Waals surface area contributed by atoms with E-state index in [0.29, 0.717) is 35.3 Å². The maximum Gasteiger partial charge on any atom is 0.254 e. The van der Waals surface area contributed by atoms with Gasteiger partial charge in [-0.1, -0.05) is 6.08 Å². The predicted molar refractivity (Wildman–Crippen MR) is 89.2 cm³/mol. The van der Waals surface area contributed by atoms with Crippen LogP contribution >= 0.6 is 0 Å². The number of benzene rings is 1. The van der Waals surface area contributed by atoms with Gasteiger partial charge >= 0.3 is 0 Å². The highest BCUT2D eigenvalue weighted by Crippen LogP contribution is 2.34. The third-order valence-corrected chi connectivity index (χ3v) is 4.84. The highest BCUT2D eigenvalue weighted by Gasteiger charge is 2.38. The van der Waals surface area contributed by atoms with Crippen LogP contribution in [0.2, 0.25) is 0 Å². The van der Waals surface area contributed by atoms with Gasteiger partial charge in [-0.15, -0.1) is 6.58 Å². The summed E-state index contributed by atoms with van der Waals surface area (Å²) < 4.78 is 10.8. The zero-order chi connectivity index (χ0) is 16.4. The van der Waals surface area contributed by atoms with Crippen LogP contribution in [0.3, 0.4) is 0 Å². The second-order valence-electron chi connectivity index (χ2n) is 6.25. The fourth-order valence-corrected chi connectivity index (χ4v) is 3.68. The zero-order valence-corrected chi connectivity index (χ0v) is 13.8. The molecule has 2 fully saturated rings. The molecule has 5 nitrogen and oxygen atoms in total. The number of likely N-dealkylation sites (tertiary alicyclic amines) is 1. The number of nitrogens with zero attached hydrogens (tertiary/aromatic N) is 1. The summed E-state index contributed by atoms with van der Waals surface area (Å²) in [6.45, 7) is 7.48. The number of allylic oxidation sites excluding steroid dienone is 1. The number of ether oxygens (including phenoxy) is 2. The quantitative estimate of drug-likeness (QED) is 0.841. The van der Waals surface area contributed by atoms with Crippen molar-refractivity contribution in [2.75, 3.05) is 40.4 Å². The van der Waals surface area contributed by atoms with Gasteiger partial charge in [-0.3, -0.25) is 4.79 Å². The number of carbonyl (C=O) groups is 1. The molecule has 2 aliphatic heterocycles. The van der Waals surface area contributed by atoms with Crippen LogP contribution in [0.1, 0.15) is 15.9 Å². The summed E-state index contributed by atoms with van der Waals surface area (Å²) in [5, 5.41) is 3.40. The average molecular weight is 316 g/mol. The van der Waals surface area contributed by atoms with Crippen LogP contribution < -0.4 is 14.8 Å². The van der Waals surface area contributed by atoms with Crippen molar-refractivity contribution in [1.29, 1.82) is 0 Å². The number of amides is 1. The number of methoxy groups -OCH3 is 2. The third-order valence-electron chi connectivity index (χ3n) is 4.84. The van der Waals surface area contributed by atoms with Gasteiger partial charge in [-0.25, -0.2) is 0 Å². The van der Waals surface area contributed by atoms with Gasteiger partial charge in [0, 0.05) is 37.3 Å². The minimum absolute atomic E-state index is 0.0747. The molecular formula is C18H24N2O3. The Hall–Kier alpha value is -2.01. The molecule has 5 heteroatoms. The second kappa shape index (κ2) is 6.62. The van der Waals surface area contributed by atoms with Crippen molar-refractivity contribution in [3.05, 3.63) is 35.9 Å². The van der Waals surface area contributed by atoms with Crippen molar-refractivity contribution in [1.82, 2.24) is 10.2 Å². The third kappa shape index (κ3) is 2.93. The van der Waals surface area contributed by atoms with E-state index in [1.165, 1.54) is 0 Å². The van der Waals surface area contributed by atoms with Gasteiger partial charge in [0.25, 0.3) is 5.91 Å². The van der Waals surface area contributed by atoms with E-state index in [1.54, 1.807) is 26.4 Å². The molecule has 0 bridgehead atoms. The molecule has 2 saturated heterocycles. The summed E-state index contributed by atoms with van der Waals surface area (Å²) >= 11 is 0. The molecule has 0 spiro atoms. The molecule has 2 heterocycles. The average Bonchev–Trinajstić information content (AvgIpc) is 3.15. The van der Waals surface area contributed by atoms with Gasteiger partial charge < -0.3 is 19.7 Å². The summed E-state index contributed by atoms with van der Waals surface area (Å²) in [6.07, 6.45) is 2.44. The van der Waals surface area contributed by atoms with Crippen LogP contribution in [0.4, 0.5) is 0 Å². The largest absolute Gasteiger partial charge is 0.493 e. The SMILES string of the molecule is C=CCc1cc(C(=O)N2C[C@H]3CNC[C@H]3C2)cc(OC)c1OC. The number of hydrogen-bond acceptors (Lipinski definition) is 4. The number of rotatable bonds is 5. The Labute approximate surface area is 137 Å². The minimum atomic E-state index is 0.0747.